The number of carbonyl (C=O) groups is 1. The van der Waals surface area contributed by atoms with Crippen LogP contribution in [0.1, 0.15) is 51.1 Å². The molecular formula is C40H48F2IN2O. The minimum absolute atomic E-state index is 0. The molecule has 2 atom stereocenters. The number of allylic oxidation sites excluding steroid dienone is 2. The van der Waals surface area contributed by atoms with Gasteiger partial charge in [0, 0.05) is 40.9 Å². The number of hydrogen-bond acceptors (Lipinski definition) is 3. The number of carbonyl (C=O) groups excluding carboxylic acids is 1. The first-order valence-electron chi connectivity index (χ1n) is 16.3. The highest BCUT2D eigenvalue weighted by Crippen LogP contribution is 2.51. The number of fused-ring (bicyclic) bond motifs is 1. The summed E-state index contributed by atoms with van der Waals surface area (Å²) in [7, 11) is 0. The van der Waals surface area contributed by atoms with E-state index in [9.17, 15) is 8.78 Å². The Hall–Kier alpha value is -2.94. The van der Waals surface area contributed by atoms with Crippen molar-refractivity contribution in [2.45, 2.75) is 44.6 Å². The fourth-order valence-corrected chi connectivity index (χ4v) is 7.92. The van der Waals surface area contributed by atoms with Crippen molar-refractivity contribution in [3.63, 3.8) is 0 Å². The summed E-state index contributed by atoms with van der Waals surface area (Å²) >= 11 is 0. The summed E-state index contributed by atoms with van der Waals surface area (Å²) in [5.41, 5.74) is 4.02. The van der Waals surface area contributed by atoms with Gasteiger partial charge in [-0.15, -0.1) is 24.0 Å². The number of aryl methyl sites for hydroxylation is 1. The summed E-state index contributed by atoms with van der Waals surface area (Å²) in [5.74, 6) is 1.15. The lowest BCUT2D eigenvalue weighted by Crippen LogP contribution is -2.44. The van der Waals surface area contributed by atoms with Crippen molar-refractivity contribution >= 4 is 41.5 Å². The van der Waals surface area contributed by atoms with Gasteiger partial charge in [0.25, 0.3) is 0 Å². The molecular weight excluding hydrogens is 689 g/mol. The molecule has 4 aromatic rings. The second kappa shape index (κ2) is 15.8. The zero-order valence-electron chi connectivity index (χ0n) is 26.4. The summed E-state index contributed by atoms with van der Waals surface area (Å²) in [6.45, 7) is 8.60. The molecule has 0 saturated carbocycles. The third-order valence-electron chi connectivity index (χ3n) is 10.4. The molecule has 0 N–H and O–H groups in total. The number of nitrogens with zero attached hydrogens (tertiary/aromatic N) is 2. The van der Waals surface area contributed by atoms with Crippen LogP contribution in [0.3, 0.4) is 0 Å². The van der Waals surface area contributed by atoms with Crippen LogP contribution in [-0.4, -0.2) is 49.3 Å². The summed E-state index contributed by atoms with van der Waals surface area (Å²) < 4.78 is 27.1. The van der Waals surface area contributed by atoms with Gasteiger partial charge in [-0.3, -0.25) is 4.90 Å². The van der Waals surface area contributed by atoms with Crippen LogP contribution < -0.4 is 0 Å². The van der Waals surface area contributed by atoms with E-state index in [2.05, 4.69) is 94.7 Å². The van der Waals surface area contributed by atoms with Gasteiger partial charge in [-0.05, 0) is 96.1 Å². The van der Waals surface area contributed by atoms with Crippen LogP contribution in [0.25, 0.3) is 10.8 Å². The Balaban J connectivity index is 0.00000123. The molecule has 6 heteroatoms. The molecule has 0 aromatic heterocycles. The fourth-order valence-electron chi connectivity index (χ4n) is 7.92. The summed E-state index contributed by atoms with van der Waals surface area (Å²) in [5, 5.41) is 2.69. The van der Waals surface area contributed by atoms with Crippen molar-refractivity contribution in [1.29, 1.82) is 0 Å². The van der Waals surface area contributed by atoms with Gasteiger partial charge < -0.3 is 9.69 Å². The summed E-state index contributed by atoms with van der Waals surface area (Å²) in [4.78, 5) is 13.4. The molecule has 1 radical (unpaired) electrons. The lowest BCUT2D eigenvalue weighted by molar-refractivity contribution is -0.0980. The first-order valence-corrected chi connectivity index (χ1v) is 16.3. The minimum Gasteiger partial charge on any atom is -0.307 e. The van der Waals surface area contributed by atoms with Crippen LogP contribution in [0.5, 0.6) is 0 Å². The Bertz CT molecular complexity index is 1600. The maximum absolute atomic E-state index is 13.7. The summed E-state index contributed by atoms with van der Waals surface area (Å²) in [6, 6.07) is 31.0. The van der Waals surface area contributed by atoms with Gasteiger partial charge in [0.05, 0.1) is 0 Å². The molecule has 245 valence electrons. The van der Waals surface area contributed by atoms with E-state index < -0.39 is 11.6 Å². The van der Waals surface area contributed by atoms with Crippen molar-refractivity contribution in [2.75, 3.05) is 32.7 Å². The average Bonchev–Trinajstić information content (AvgIpc) is 3.87. The lowest BCUT2D eigenvalue weighted by atomic mass is 9.69. The lowest BCUT2D eigenvalue weighted by Gasteiger charge is -2.43. The molecule has 2 fully saturated rings. The van der Waals surface area contributed by atoms with Crippen molar-refractivity contribution in [2.24, 2.45) is 11.3 Å². The Morgan fingerprint density at radius 3 is 2.26 bits per heavy atom. The van der Waals surface area contributed by atoms with E-state index in [0.717, 1.165) is 64.1 Å². The topological polar surface area (TPSA) is 23.6 Å². The van der Waals surface area contributed by atoms with Crippen LogP contribution in [0.2, 0.25) is 0 Å². The Morgan fingerprint density at radius 1 is 0.804 bits per heavy atom. The van der Waals surface area contributed by atoms with Gasteiger partial charge in [-0.2, -0.15) is 0 Å². The van der Waals surface area contributed by atoms with Crippen molar-refractivity contribution in [3.8, 4) is 0 Å². The van der Waals surface area contributed by atoms with Crippen molar-refractivity contribution < 1.29 is 16.4 Å². The highest BCUT2D eigenvalue weighted by molar-refractivity contribution is 14.0. The Kier molecular flexibility index (Phi) is 11.8. The van der Waals surface area contributed by atoms with Gasteiger partial charge in [-0.25, -0.2) is 8.78 Å². The van der Waals surface area contributed by atoms with Gasteiger partial charge in [0.1, 0.15) is 6.79 Å². The second-order valence-electron chi connectivity index (χ2n) is 13.1. The molecule has 46 heavy (non-hydrogen) atoms. The normalized spacial score (nSPS) is 21.0. The molecule has 0 amide bonds. The van der Waals surface area contributed by atoms with E-state index in [1.165, 1.54) is 52.8 Å². The largest absolute Gasteiger partial charge is 0.307 e. The number of likely N-dealkylation sites (tertiary alicyclic amines) is 2. The van der Waals surface area contributed by atoms with E-state index in [1.807, 2.05) is 6.79 Å². The number of halogens is 3. The van der Waals surface area contributed by atoms with Crippen LogP contribution in [-0.2, 0) is 17.8 Å². The van der Waals surface area contributed by atoms with Crippen molar-refractivity contribution in [3.05, 3.63) is 137 Å². The molecule has 0 unspecified atom stereocenters. The van der Waals surface area contributed by atoms with Gasteiger partial charge in [0.15, 0.2) is 11.6 Å². The first kappa shape index (κ1) is 34.4. The van der Waals surface area contributed by atoms with Crippen LogP contribution in [0.4, 0.5) is 8.78 Å². The van der Waals surface area contributed by atoms with Crippen LogP contribution in [0.15, 0.2) is 103 Å². The number of hydrogen-bond donors (Lipinski definition) is 0. The van der Waals surface area contributed by atoms with E-state index >= 15 is 0 Å². The number of rotatable bonds is 10. The number of piperidine rings is 1. The predicted octanol–water partition coefficient (Wildman–Crippen LogP) is 9.51. The predicted molar refractivity (Wildman–Crippen MR) is 198 cm³/mol. The van der Waals surface area contributed by atoms with E-state index in [0.29, 0.717) is 11.8 Å². The molecule has 3 nitrogen and oxygen atoms in total. The molecule has 0 bridgehead atoms. The maximum atomic E-state index is 13.7. The second-order valence-corrected chi connectivity index (χ2v) is 13.1. The fraction of sp³-hybridized carbons (Fsp3) is 0.350. The highest BCUT2D eigenvalue weighted by atomic mass is 127. The third kappa shape index (κ3) is 7.95. The maximum Gasteiger partial charge on any atom is 0.159 e. The molecule has 7 rings (SSSR count). The van der Waals surface area contributed by atoms with Crippen LogP contribution >= 0.6 is 24.0 Å². The van der Waals surface area contributed by atoms with Crippen molar-refractivity contribution in [1.82, 2.24) is 9.80 Å². The zero-order valence-corrected chi connectivity index (χ0v) is 28.8. The molecule has 2 heterocycles. The van der Waals surface area contributed by atoms with E-state index in [1.54, 1.807) is 6.07 Å². The van der Waals surface area contributed by atoms with Gasteiger partial charge in [0.2, 0.25) is 0 Å². The zero-order chi connectivity index (χ0) is 31.2. The smallest absolute Gasteiger partial charge is 0.159 e. The first-order chi connectivity index (χ1) is 22.1. The SMILES string of the molecule is C=O.Fc1ccc(CCCC2([C]3C=C3)CCN(C[C@H]3CN(Cc4cccc5ccccc45)C[C@@H]3c3ccccc3)CC2)cc1F.I.[HH].[HH]. The van der Waals surface area contributed by atoms with E-state index in [4.69, 9.17) is 4.79 Å². The molecule has 0 spiro atoms. The monoisotopic (exact) mass is 737 g/mol. The highest BCUT2D eigenvalue weighted by Gasteiger charge is 2.44. The number of benzene rings is 4. The molecule has 3 aliphatic rings. The third-order valence-corrected chi connectivity index (χ3v) is 10.4. The molecule has 2 saturated heterocycles. The quantitative estimate of drug-likeness (QED) is 0.152. The van der Waals surface area contributed by atoms with Gasteiger partial charge in [-0.1, -0.05) is 91.0 Å². The van der Waals surface area contributed by atoms with E-state index in [-0.39, 0.29) is 32.2 Å². The Labute approximate surface area is 292 Å². The summed E-state index contributed by atoms with van der Waals surface area (Å²) in [6.07, 6.45) is 9.84. The average molecular weight is 738 g/mol. The van der Waals surface area contributed by atoms with Crippen LogP contribution in [0, 0.1) is 28.9 Å². The minimum atomic E-state index is -0.765. The van der Waals surface area contributed by atoms with Gasteiger partial charge >= 0.3 is 0 Å². The molecule has 4 aromatic carbocycles. The molecule has 2 aliphatic heterocycles. The molecule has 1 aliphatic carbocycles. The Morgan fingerprint density at radius 2 is 1.52 bits per heavy atom. The standard InChI is InChI=1S/C39H41F2N2.CH2O.HI.2H2/c40-37-18-15-29(24-38(37)41)8-7-19-39(34-16-17-34)20-22-42(23-21-39)26-33-27-43(28-36(33)31-9-2-1-3-10-31)25-32-13-6-12-30-11-4-5-14-35(30)32;1-2;;;/h1-6,9-18,24,33,36H,7-8,19-23,25-28H2;1H2;3*1H/t33-,36+;;;;/m0..../s1.